The molecular weight excluding hydrogens is 612 g/mol. The molecule has 0 spiro atoms. The zero-order valence-electron chi connectivity index (χ0n) is 25.7. The summed E-state index contributed by atoms with van der Waals surface area (Å²) in [6.45, 7) is 3.80. The summed E-state index contributed by atoms with van der Waals surface area (Å²) in [4.78, 5) is 19.2. The molecule has 3 N–H and O–H groups in total. The minimum Gasteiger partial charge on any atom is -0.367 e. The van der Waals surface area contributed by atoms with E-state index in [-0.39, 0.29) is 22.8 Å². The molecule has 2 aromatic heterocycles. The number of aromatic nitrogens is 3. The molecule has 0 radical (unpaired) electrons. The van der Waals surface area contributed by atoms with E-state index in [9.17, 15) is 22.4 Å². The van der Waals surface area contributed by atoms with Gasteiger partial charge in [-0.3, -0.25) is 9.89 Å². The largest absolute Gasteiger partial charge is 0.393 e. The SMILES string of the molecule is O=C(/C=C/CN[C@H]1CCCN(c2ccc(/C(=C(/CC(F)(F)F)c3ccccc3)c3ccc4[nH]nc(F)c4c3)cn2)C1)C1CNCCO1. The van der Waals surface area contributed by atoms with Crippen LogP contribution in [0.15, 0.2) is 79.0 Å². The number of rotatable bonds is 10. The second-order valence-corrected chi connectivity index (χ2v) is 11.8. The highest BCUT2D eigenvalue weighted by Gasteiger charge is 2.32. The second-order valence-electron chi connectivity index (χ2n) is 11.8. The van der Waals surface area contributed by atoms with Crippen molar-refractivity contribution < 1.29 is 27.1 Å². The van der Waals surface area contributed by atoms with Crippen LogP contribution in [-0.2, 0) is 9.53 Å². The van der Waals surface area contributed by atoms with Crippen LogP contribution in [0.25, 0.3) is 22.0 Å². The number of hydrogen-bond donors (Lipinski definition) is 3. The second kappa shape index (κ2) is 14.6. The van der Waals surface area contributed by atoms with Crippen LogP contribution in [0.2, 0.25) is 0 Å². The molecule has 2 atom stereocenters. The molecule has 0 amide bonds. The van der Waals surface area contributed by atoms with Gasteiger partial charge in [-0.2, -0.15) is 17.6 Å². The van der Waals surface area contributed by atoms with Crippen LogP contribution in [0.1, 0.15) is 36.0 Å². The third-order valence-corrected chi connectivity index (χ3v) is 8.44. The Hall–Kier alpha value is -4.39. The molecular formula is C35H36F4N6O2. The molecule has 4 heterocycles. The number of anilines is 1. The van der Waals surface area contributed by atoms with Crippen LogP contribution < -0.4 is 15.5 Å². The first-order valence-corrected chi connectivity index (χ1v) is 15.7. The van der Waals surface area contributed by atoms with Gasteiger partial charge in [0.1, 0.15) is 11.9 Å². The number of nitrogens with zero attached hydrogens (tertiary/aromatic N) is 3. The van der Waals surface area contributed by atoms with Crippen molar-refractivity contribution in [3.63, 3.8) is 0 Å². The molecule has 2 saturated heterocycles. The molecule has 0 bridgehead atoms. The fourth-order valence-corrected chi connectivity index (χ4v) is 6.17. The fraction of sp³-hybridized carbons (Fsp3) is 0.343. The first-order chi connectivity index (χ1) is 22.7. The number of nitrogens with one attached hydrogen (secondary N) is 3. The van der Waals surface area contributed by atoms with Crippen molar-refractivity contribution in [2.24, 2.45) is 0 Å². The van der Waals surface area contributed by atoms with Gasteiger partial charge in [0.15, 0.2) is 5.78 Å². The lowest BCUT2D eigenvalue weighted by Gasteiger charge is -2.34. The number of fused-ring (bicyclic) bond motifs is 1. The topological polar surface area (TPSA) is 95.2 Å². The minimum atomic E-state index is -4.49. The van der Waals surface area contributed by atoms with Gasteiger partial charge in [0.2, 0.25) is 5.95 Å². The van der Waals surface area contributed by atoms with Gasteiger partial charge in [-0.05, 0) is 65.5 Å². The quantitative estimate of drug-likeness (QED) is 0.116. The number of alkyl halides is 3. The van der Waals surface area contributed by atoms with Gasteiger partial charge in [-0.1, -0.05) is 42.5 Å². The number of carbonyl (C=O) groups excluding carboxylic acids is 1. The van der Waals surface area contributed by atoms with Gasteiger partial charge in [-0.15, -0.1) is 5.10 Å². The van der Waals surface area contributed by atoms with E-state index in [1.165, 1.54) is 6.07 Å². The molecule has 2 aliphatic rings. The van der Waals surface area contributed by atoms with Crippen molar-refractivity contribution in [2.45, 2.75) is 37.6 Å². The van der Waals surface area contributed by atoms with Crippen molar-refractivity contribution in [1.82, 2.24) is 25.8 Å². The molecule has 47 heavy (non-hydrogen) atoms. The van der Waals surface area contributed by atoms with Gasteiger partial charge < -0.3 is 20.3 Å². The summed E-state index contributed by atoms with van der Waals surface area (Å²) < 4.78 is 62.2. The number of carbonyl (C=O) groups is 1. The van der Waals surface area contributed by atoms with Gasteiger partial charge in [0.25, 0.3) is 0 Å². The maximum atomic E-state index is 14.5. The molecule has 6 rings (SSSR count). The van der Waals surface area contributed by atoms with E-state index >= 15 is 0 Å². The van der Waals surface area contributed by atoms with Crippen LogP contribution >= 0.6 is 0 Å². The Morgan fingerprint density at radius 3 is 2.66 bits per heavy atom. The predicted molar refractivity (Wildman–Crippen MR) is 173 cm³/mol. The van der Waals surface area contributed by atoms with E-state index in [1.807, 2.05) is 12.1 Å². The number of aromatic amines is 1. The van der Waals surface area contributed by atoms with Crippen molar-refractivity contribution in [1.29, 1.82) is 0 Å². The number of benzene rings is 2. The molecule has 1 unspecified atom stereocenters. The summed E-state index contributed by atoms with van der Waals surface area (Å²) in [6, 6.07) is 17.0. The third-order valence-electron chi connectivity index (χ3n) is 8.44. The van der Waals surface area contributed by atoms with E-state index < -0.39 is 24.6 Å². The molecule has 2 aliphatic heterocycles. The van der Waals surface area contributed by atoms with Gasteiger partial charge in [0, 0.05) is 50.5 Å². The number of piperidine rings is 1. The Kier molecular flexibility index (Phi) is 10.1. The summed E-state index contributed by atoms with van der Waals surface area (Å²) in [5, 5.41) is 13.0. The molecule has 12 heteroatoms. The normalized spacial score (nSPS) is 19.7. The number of allylic oxidation sites excluding steroid dienone is 1. The highest BCUT2D eigenvalue weighted by molar-refractivity contribution is 6.00. The molecule has 0 saturated carbocycles. The molecule has 2 fully saturated rings. The highest BCUT2D eigenvalue weighted by Crippen LogP contribution is 2.40. The standard InChI is InChI=1S/C35H36F4N6O2/c36-34-27-18-24(10-12-29(27)43-44-34)33(28(19-35(37,38)39)23-6-2-1-3-7-23)25-11-13-32(42-20-25)45-16-5-8-26(22-45)41-14-4-9-30(46)31-21-40-15-17-47-31/h1-4,6-7,9-13,18,20,26,31,40-41H,5,8,14-17,19,21-22H2,(H,43,44)/b9-4+,33-28-/t26-,31?/m0/s1. The lowest BCUT2D eigenvalue weighted by Crippen LogP contribution is -2.46. The number of hydrogen-bond acceptors (Lipinski definition) is 7. The smallest absolute Gasteiger partial charge is 0.367 e. The lowest BCUT2D eigenvalue weighted by molar-refractivity contribution is -0.127. The van der Waals surface area contributed by atoms with Crippen molar-refractivity contribution in [3.05, 3.63) is 102 Å². The van der Waals surface area contributed by atoms with E-state index in [4.69, 9.17) is 9.72 Å². The number of halogens is 4. The summed E-state index contributed by atoms with van der Waals surface area (Å²) in [7, 11) is 0. The molecule has 246 valence electrons. The van der Waals surface area contributed by atoms with E-state index in [0.717, 1.165) is 25.9 Å². The number of H-pyrrole nitrogens is 1. The van der Waals surface area contributed by atoms with Gasteiger partial charge in [0.05, 0.1) is 23.9 Å². The number of pyridine rings is 1. The Bertz CT molecular complexity index is 1730. The minimum absolute atomic E-state index is 0.0533. The third kappa shape index (κ3) is 8.13. The fourth-order valence-electron chi connectivity index (χ4n) is 6.17. The monoisotopic (exact) mass is 648 g/mol. The zero-order valence-corrected chi connectivity index (χ0v) is 25.7. The Morgan fingerprint density at radius 1 is 1.09 bits per heavy atom. The highest BCUT2D eigenvalue weighted by atomic mass is 19.4. The van der Waals surface area contributed by atoms with Gasteiger partial charge >= 0.3 is 6.18 Å². The van der Waals surface area contributed by atoms with E-state index in [0.29, 0.717) is 59.8 Å². The summed E-state index contributed by atoms with van der Waals surface area (Å²) >= 11 is 0. The first kappa shape index (κ1) is 32.5. The van der Waals surface area contributed by atoms with Crippen LogP contribution in [-0.4, -0.2) is 78.6 Å². The van der Waals surface area contributed by atoms with Gasteiger partial charge in [-0.25, -0.2) is 4.98 Å². The van der Waals surface area contributed by atoms with Crippen LogP contribution in [0, 0.1) is 5.95 Å². The predicted octanol–water partition coefficient (Wildman–Crippen LogP) is 5.68. The van der Waals surface area contributed by atoms with Crippen LogP contribution in [0.5, 0.6) is 0 Å². The first-order valence-electron chi connectivity index (χ1n) is 15.7. The summed E-state index contributed by atoms with van der Waals surface area (Å²) in [6.07, 6.45) is 0.753. The molecule has 4 aromatic rings. The number of ketones is 1. The average molecular weight is 649 g/mol. The average Bonchev–Trinajstić information content (AvgIpc) is 3.46. The van der Waals surface area contributed by atoms with E-state index in [1.54, 1.807) is 60.8 Å². The number of morpholine rings is 1. The Balaban J connectivity index is 1.24. The molecule has 8 nitrogen and oxygen atoms in total. The maximum Gasteiger partial charge on any atom is 0.393 e. The lowest BCUT2D eigenvalue weighted by atomic mass is 9.88. The van der Waals surface area contributed by atoms with Crippen molar-refractivity contribution in [2.75, 3.05) is 44.2 Å². The summed E-state index contributed by atoms with van der Waals surface area (Å²) in [5.41, 5.74) is 2.16. The van der Waals surface area contributed by atoms with Crippen molar-refractivity contribution >= 4 is 33.7 Å². The Morgan fingerprint density at radius 2 is 1.91 bits per heavy atom. The molecule has 0 aliphatic carbocycles. The van der Waals surface area contributed by atoms with Crippen LogP contribution in [0.4, 0.5) is 23.4 Å². The molecule has 2 aromatic carbocycles. The van der Waals surface area contributed by atoms with Crippen molar-refractivity contribution in [3.8, 4) is 0 Å². The Labute approximate surface area is 269 Å². The summed E-state index contributed by atoms with van der Waals surface area (Å²) in [5.74, 6) is -0.0687. The van der Waals surface area contributed by atoms with Crippen LogP contribution in [0.3, 0.4) is 0 Å². The maximum absolute atomic E-state index is 14.5. The zero-order chi connectivity index (χ0) is 32.8. The number of ether oxygens (including phenoxy) is 1. The van der Waals surface area contributed by atoms with E-state index in [2.05, 4.69) is 25.7 Å².